The second-order valence-electron chi connectivity index (χ2n) is 7.54. The van der Waals surface area contributed by atoms with Gasteiger partial charge in [-0.25, -0.2) is 4.39 Å². The number of nitrogens with one attached hydrogen (secondary N) is 3. The molecule has 6 nitrogen and oxygen atoms in total. The Morgan fingerprint density at radius 2 is 1.80 bits per heavy atom. The molecule has 0 aromatic heterocycles. The van der Waals surface area contributed by atoms with Crippen LogP contribution in [0.4, 0.5) is 4.39 Å². The number of amides is 1. The summed E-state index contributed by atoms with van der Waals surface area (Å²) in [4.78, 5) is 16.3. The number of fused-ring (bicyclic) bond motifs is 1. The van der Waals surface area contributed by atoms with Crippen LogP contribution in [0, 0.1) is 5.82 Å². The van der Waals surface area contributed by atoms with Crippen molar-refractivity contribution in [3.8, 4) is 5.75 Å². The maximum absolute atomic E-state index is 13.7. The average Bonchev–Trinajstić information content (AvgIpc) is 2.69. The van der Waals surface area contributed by atoms with Gasteiger partial charge in [-0.2, -0.15) is 0 Å². The first-order valence-electron chi connectivity index (χ1n) is 9.67. The number of nitrogens with zero attached hydrogens (tertiary/aromatic N) is 1. The first kappa shape index (κ1) is 23.9. The predicted octanol–water partition coefficient (Wildman–Crippen LogP) is 3.64. The summed E-state index contributed by atoms with van der Waals surface area (Å²) in [6.45, 7) is 4.91. The molecule has 1 aliphatic heterocycles. The Morgan fingerprint density at radius 3 is 2.53 bits per heavy atom. The van der Waals surface area contributed by atoms with Gasteiger partial charge in [0.25, 0.3) is 5.91 Å². The normalized spacial score (nSPS) is 17.1. The molecule has 0 aliphatic carbocycles. The van der Waals surface area contributed by atoms with Crippen molar-refractivity contribution in [2.24, 2.45) is 4.99 Å². The molecule has 8 heteroatoms. The quantitative estimate of drug-likeness (QED) is 0.241. The Bertz CT molecular complexity index is 904. The van der Waals surface area contributed by atoms with Crippen LogP contribution < -0.4 is 20.7 Å². The minimum Gasteiger partial charge on any atom is -0.487 e. The highest BCUT2D eigenvalue weighted by atomic mass is 127. The Hall–Kier alpha value is -2.36. The lowest BCUT2D eigenvalue weighted by atomic mass is 9.90. The molecule has 1 heterocycles. The van der Waals surface area contributed by atoms with Gasteiger partial charge < -0.3 is 20.7 Å². The Kier molecular flexibility index (Phi) is 8.45. The number of ether oxygens (including phenoxy) is 1. The molecule has 30 heavy (non-hydrogen) atoms. The van der Waals surface area contributed by atoms with E-state index in [1.54, 1.807) is 19.2 Å². The van der Waals surface area contributed by atoms with Gasteiger partial charge in [0.05, 0.1) is 11.6 Å². The van der Waals surface area contributed by atoms with Gasteiger partial charge in [-0.1, -0.05) is 30.3 Å². The van der Waals surface area contributed by atoms with Crippen LogP contribution in [0.2, 0.25) is 0 Å². The molecule has 0 radical (unpaired) electrons. The predicted molar refractivity (Wildman–Crippen MR) is 127 cm³/mol. The summed E-state index contributed by atoms with van der Waals surface area (Å²) in [6.07, 6.45) is 0.786. The number of aliphatic imine (C=N–C) groups is 1. The molecule has 162 valence electrons. The van der Waals surface area contributed by atoms with E-state index in [-0.39, 0.29) is 41.2 Å². The van der Waals surface area contributed by atoms with Crippen LogP contribution in [0.25, 0.3) is 0 Å². The van der Waals surface area contributed by atoms with Gasteiger partial charge in [-0.3, -0.25) is 9.79 Å². The first-order valence-corrected chi connectivity index (χ1v) is 9.67. The van der Waals surface area contributed by atoms with Crippen LogP contribution in [-0.2, 0) is 0 Å². The molecule has 2 aromatic carbocycles. The van der Waals surface area contributed by atoms with Gasteiger partial charge in [-0.05, 0) is 32.0 Å². The first-order chi connectivity index (χ1) is 13.9. The molecule has 0 saturated heterocycles. The molecule has 0 bridgehead atoms. The minimum atomic E-state index is -0.531. The zero-order valence-corrected chi connectivity index (χ0v) is 19.7. The maximum atomic E-state index is 13.7. The zero-order chi connectivity index (χ0) is 20.9. The number of carbonyl (C=O) groups excluding carboxylic acids is 1. The van der Waals surface area contributed by atoms with Gasteiger partial charge in [0, 0.05) is 32.1 Å². The minimum absolute atomic E-state index is 0. The highest BCUT2D eigenvalue weighted by molar-refractivity contribution is 14.0. The fourth-order valence-corrected chi connectivity index (χ4v) is 3.39. The third-order valence-electron chi connectivity index (χ3n) is 4.73. The van der Waals surface area contributed by atoms with Crippen LogP contribution >= 0.6 is 24.0 Å². The van der Waals surface area contributed by atoms with E-state index in [9.17, 15) is 9.18 Å². The molecule has 1 unspecified atom stereocenters. The zero-order valence-electron chi connectivity index (χ0n) is 17.4. The lowest BCUT2D eigenvalue weighted by molar-refractivity contribution is 0.0694. The molecule has 0 spiro atoms. The summed E-state index contributed by atoms with van der Waals surface area (Å²) in [5.41, 5.74) is 0.831. The standard InChI is InChI=1S/C22H27FN4O2.HI/c1-22(2)14-18(16-9-5-7-11-19(16)29-22)27-21(24-3)26-13-12-25-20(28)15-8-4-6-10-17(15)23;/h4-11,18H,12-14H2,1-3H3,(H,25,28)(H2,24,26,27);1H. The molecule has 1 aliphatic rings. The third-order valence-corrected chi connectivity index (χ3v) is 4.73. The molecule has 1 amide bonds. The number of halogens is 2. The van der Waals surface area contributed by atoms with Gasteiger partial charge in [-0.15, -0.1) is 24.0 Å². The number of guanidine groups is 1. The molecular formula is C22H28FIN4O2. The fourth-order valence-electron chi connectivity index (χ4n) is 3.39. The van der Waals surface area contributed by atoms with Crippen LogP contribution in [0.3, 0.4) is 0 Å². The highest BCUT2D eigenvalue weighted by Crippen LogP contribution is 2.39. The van der Waals surface area contributed by atoms with Crippen LogP contribution in [0.1, 0.15) is 42.2 Å². The van der Waals surface area contributed by atoms with Gasteiger partial charge in [0.15, 0.2) is 5.96 Å². The van der Waals surface area contributed by atoms with Crippen LogP contribution in [-0.4, -0.2) is 37.6 Å². The topological polar surface area (TPSA) is 74.8 Å². The van der Waals surface area contributed by atoms with Crippen molar-refractivity contribution in [3.05, 3.63) is 65.5 Å². The van der Waals surface area contributed by atoms with E-state index in [0.29, 0.717) is 19.0 Å². The number of benzene rings is 2. The van der Waals surface area contributed by atoms with Gasteiger partial charge in [0.1, 0.15) is 17.2 Å². The van der Waals surface area contributed by atoms with Crippen LogP contribution in [0.5, 0.6) is 5.75 Å². The third kappa shape index (κ3) is 6.07. The molecule has 0 fully saturated rings. The van der Waals surface area contributed by atoms with Crippen molar-refractivity contribution < 1.29 is 13.9 Å². The SMILES string of the molecule is CN=C(NCCNC(=O)c1ccccc1F)NC1CC(C)(C)Oc2ccccc21.I. The molecule has 1 atom stereocenters. The van der Waals surface area contributed by atoms with E-state index in [1.165, 1.54) is 12.1 Å². The average molecular weight is 526 g/mol. The number of hydrogen-bond donors (Lipinski definition) is 3. The van der Waals surface area contributed by atoms with Crippen molar-refractivity contribution in [2.75, 3.05) is 20.1 Å². The second kappa shape index (κ2) is 10.6. The number of hydrogen-bond acceptors (Lipinski definition) is 3. The van der Waals surface area contributed by atoms with Crippen molar-refractivity contribution >= 4 is 35.8 Å². The number of para-hydroxylation sites is 1. The molecule has 3 N–H and O–H groups in total. The monoisotopic (exact) mass is 526 g/mol. The lowest BCUT2D eigenvalue weighted by Crippen LogP contribution is -2.46. The van der Waals surface area contributed by atoms with Crippen molar-refractivity contribution in [1.29, 1.82) is 0 Å². The second-order valence-corrected chi connectivity index (χ2v) is 7.54. The van der Waals surface area contributed by atoms with Crippen LogP contribution in [0.15, 0.2) is 53.5 Å². The number of rotatable bonds is 5. The Morgan fingerprint density at radius 1 is 1.13 bits per heavy atom. The van der Waals surface area contributed by atoms with E-state index in [2.05, 4.69) is 34.8 Å². The van der Waals surface area contributed by atoms with E-state index < -0.39 is 11.7 Å². The fraction of sp³-hybridized carbons (Fsp3) is 0.364. The highest BCUT2D eigenvalue weighted by Gasteiger charge is 2.33. The molecule has 3 rings (SSSR count). The van der Waals surface area contributed by atoms with Gasteiger partial charge >= 0.3 is 0 Å². The smallest absolute Gasteiger partial charge is 0.254 e. The summed E-state index contributed by atoms with van der Waals surface area (Å²) in [5.74, 6) is 0.528. The van der Waals surface area contributed by atoms with E-state index in [4.69, 9.17) is 4.74 Å². The van der Waals surface area contributed by atoms with Crippen molar-refractivity contribution in [3.63, 3.8) is 0 Å². The van der Waals surface area contributed by atoms with Crippen molar-refractivity contribution in [2.45, 2.75) is 31.9 Å². The number of carbonyl (C=O) groups is 1. The summed E-state index contributed by atoms with van der Waals surface area (Å²) >= 11 is 0. The van der Waals surface area contributed by atoms with E-state index in [0.717, 1.165) is 17.7 Å². The molecular weight excluding hydrogens is 498 g/mol. The summed E-state index contributed by atoms with van der Waals surface area (Å²) in [6, 6.07) is 13.9. The van der Waals surface area contributed by atoms with E-state index >= 15 is 0 Å². The summed E-state index contributed by atoms with van der Waals surface area (Å²) in [5, 5.41) is 9.33. The lowest BCUT2D eigenvalue weighted by Gasteiger charge is -2.38. The summed E-state index contributed by atoms with van der Waals surface area (Å²) in [7, 11) is 1.70. The molecule has 2 aromatic rings. The Balaban J connectivity index is 0.00000320. The molecule has 0 saturated carbocycles. The largest absolute Gasteiger partial charge is 0.487 e. The van der Waals surface area contributed by atoms with Crippen molar-refractivity contribution in [1.82, 2.24) is 16.0 Å². The van der Waals surface area contributed by atoms with Gasteiger partial charge in [0.2, 0.25) is 0 Å². The Labute approximate surface area is 193 Å². The maximum Gasteiger partial charge on any atom is 0.254 e. The summed E-state index contributed by atoms with van der Waals surface area (Å²) < 4.78 is 19.7. The van der Waals surface area contributed by atoms with E-state index in [1.807, 2.05) is 24.3 Å².